The standard InChI is InChI=1S/C18H21BF2N2O2/c1-17(2)18(3,4)25-19(24-17)16(21)9-14-10-22-23(12-14)11-13-5-7-15(20)8-6-13/h5-10,12H,11H2,1-4H3. The van der Waals surface area contributed by atoms with Gasteiger partial charge in [-0.15, -0.1) is 0 Å². The molecular formula is C18H21BF2N2O2. The van der Waals surface area contributed by atoms with E-state index in [1.807, 2.05) is 27.7 Å². The summed E-state index contributed by atoms with van der Waals surface area (Å²) >= 11 is 0. The van der Waals surface area contributed by atoms with Crippen molar-refractivity contribution < 1.29 is 18.1 Å². The van der Waals surface area contributed by atoms with Crippen LogP contribution in [0.15, 0.2) is 42.4 Å². The van der Waals surface area contributed by atoms with Crippen molar-refractivity contribution in [2.75, 3.05) is 0 Å². The third-order valence-electron chi connectivity index (χ3n) is 4.69. The fourth-order valence-electron chi connectivity index (χ4n) is 2.50. The molecule has 0 radical (unpaired) electrons. The number of aromatic nitrogens is 2. The van der Waals surface area contributed by atoms with E-state index in [0.717, 1.165) is 5.56 Å². The highest BCUT2D eigenvalue weighted by molar-refractivity contribution is 6.54. The van der Waals surface area contributed by atoms with Crippen molar-refractivity contribution in [3.63, 3.8) is 0 Å². The lowest BCUT2D eigenvalue weighted by atomic mass is 9.87. The maximum Gasteiger partial charge on any atom is 0.525 e. The van der Waals surface area contributed by atoms with Gasteiger partial charge in [0, 0.05) is 11.8 Å². The predicted molar refractivity (Wildman–Crippen MR) is 92.9 cm³/mol. The SMILES string of the molecule is CC1(C)OB(C(F)=Cc2cnn(Cc3ccc(F)cc3)c2)OC1(C)C. The summed E-state index contributed by atoms with van der Waals surface area (Å²) < 4.78 is 40.5. The number of benzene rings is 1. The lowest BCUT2D eigenvalue weighted by molar-refractivity contribution is 0.00578. The molecule has 0 spiro atoms. The van der Waals surface area contributed by atoms with E-state index in [9.17, 15) is 8.78 Å². The molecule has 1 aromatic carbocycles. The van der Waals surface area contributed by atoms with Gasteiger partial charge in [-0.25, -0.2) is 8.78 Å². The Morgan fingerprint density at radius 1 is 1.16 bits per heavy atom. The van der Waals surface area contributed by atoms with Gasteiger partial charge in [-0.1, -0.05) is 12.1 Å². The van der Waals surface area contributed by atoms with E-state index >= 15 is 0 Å². The summed E-state index contributed by atoms with van der Waals surface area (Å²) in [5, 5.41) is 4.20. The van der Waals surface area contributed by atoms with E-state index in [1.165, 1.54) is 18.2 Å². The van der Waals surface area contributed by atoms with Gasteiger partial charge in [0.25, 0.3) is 0 Å². The zero-order valence-electron chi connectivity index (χ0n) is 14.8. The van der Waals surface area contributed by atoms with Crippen molar-refractivity contribution in [3.8, 4) is 0 Å². The van der Waals surface area contributed by atoms with Crippen molar-refractivity contribution >= 4 is 13.2 Å². The molecule has 2 heterocycles. The molecule has 1 aliphatic heterocycles. The summed E-state index contributed by atoms with van der Waals surface area (Å²) in [7, 11) is -1.02. The molecule has 0 bridgehead atoms. The number of hydrogen-bond acceptors (Lipinski definition) is 3. The Morgan fingerprint density at radius 2 is 1.76 bits per heavy atom. The Hall–Kier alpha value is -1.99. The second-order valence-corrected chi connectivity index (χ2v) is 7.22. The summed E-state index contributed by atoms with van der Waals surface area (Å²) in [6.07, 6.45) is 4.64. The first-order chi connectivity index (χ1) is 11.7. The minimum Gasteiger partial charge on any atom is -0.398 e. The quantitative estimate of drug-likeness (QED) is 0.785. The zero-order valence-corrected chi connectivity index (χ0v) is 14.8. The molecule has 7 heteroatoms. The molecule has 0 aliphatic carbocycles. The van der Waals surface area contributed by atoms with E-state index in [1.54, 1.807) is 29.2 Å². The zero-order chi connectivity index (χ0) is 18.2. The lowest BCUT2D eigenvalue weighted by Crippen LogP contribution is -2.41. The predicted octanol–water partition coefficient (Wildman–Crippen LogP) is 4.01. The van der Waals surface area contributed by atoms with Crippen molar-refractivity contribution in [2.45, 2.75) is 45.4 Å². The molecule has 3 rings (SSSR count). The smallest absolute Gasteiger partial charge is 0.398 e. The van der Waals surface area contributed by atoms with Crippen LogP contribution in [0.1, 0.15) is 38.8 Å². The molecule has 4 nitrogen and oxygen atoms in total. The molecule has 0 unspecified atom stereocenters. The van der Waals surface area contributed by atoms with Crippen LogP contribution >= 0.6 is 0 Å². The summed E-state index contributed by atoms with van der Waals surface area (Å²) in [6.45, 7) is 7.98. The second kappa shape index (κ2) is 6.39. The van der Waals surface area contributed by atoms with Gasteiger partial charge in [0.15, 0.2) is 0 Å². The van der Waals surface area contributed by atoms with Crippen molar-refractivity contribution in [2.24, 2.45) is 0 Å². The molecule has 0 amide bonds. The van der Waals surface area contributed by atoms with Gasteiger partial charge in [-0.2, -0.15) is 5.10 Å². The molecule has 2 aromatic rings. The molecule has 1 saturated heterocycles. The van der Waals surface area contributed by atoms with Gasteiger partial charge in [-0.3, -0.25) is 4.68 Å². The van der Waals surface area contributed by atoms with Crippen molar-refractivity contribution in [1.82, 2.24) is 9.78 Å². The van der Waals surface area contributed by atoms with E-state index in [0.29, 0.717) is 12.1 Å². The highest BCUT2D eigenvalue weighted by Crippen LogP contribution is 2.39. The van der Waals surface area contributed by atoms with Gasteiger partial charge in [-0.05, 0) is 51.5 Å². The number of nitrogens with zero attached hydrogens (tertiary/aromatic N) is 2. The van der Waals surface area contributed by atoms with E-state index in [-0.39, 0.29) is 5.82 Å². The Morgan fingerprint density at radius 3 is 2.36 bits per heavy atom. The largest absolute Gasteiger partial charge is 0.525 e. The molecule has 132 valence electrons. The Bertz CT molecular complexity index is 769. The molecular weight excluding hydrogens is 325 g/mol. The number of halogens is 2. The molecule has 25 heavy (non-hydrogen) atoms. The Kier molecular flexibility index (Phi) is 4.55. The van der Waals surface area contributed by atoms with Crippen LogP contribution in [-0.2, 0) is 15.9 Å². The van der Waals surface area contributed by atoms with Gasteiger partial charge < -0.3 is 9.31 Å². The maximum absolute atomic E-state index is 14.5. The van der Waals surface area contributed by atoms with Gasteiger partial charge in [0.1, 0.15) is 11.5 Å². The second-order valence-electron chi connectivity index (χ2n) is 7.22. The number of rotatable bonds is 4. The van der Waals surface area contributed by atoms with Crippen molar-refractivity contribution in [3.05, 3.63) is 59.3 Å². The first-order valence-electron chi connectivity index (χ1n) is 8.16. The molecule has 1 fully saturated rings. The van der Waals surface area contributed by atoms with Crippen LogP contribution in [0.3, 0.4) is 0 Å². The molecule has 0 N–H and O–H groups in total. The van der Waals surface area contributed by atoms with Crippen molar-refractivity contribution in [1.29, 1.82) is 0 Å². The normalized spacial score (nSPS) is 19.4. The van der Waals surface area contributed by atoms with E-state index in [2.05, 4.69) is 5.10 Å². The summed E-state index contributed by atoms with van der Waals surface area (Å²) in [5.74, 6) is -0.280. The van der Waals surface area contributed by atoms with Crippen LogP contribution in [0.4, 0.5) is 8.78 Å². The van der Waals surface area contributed by atoms with E-state index in [4.69, 9.17) is 9.31 Å². The van der Waals surface area contributed by atoms with Crippen LogP contribution in [-0.4, -0.2) is 28.1 Å². The molecule has 1 aliphatic rings. The highest BCUT2D eigenvalue weighted by Gasteiger charge is 2.53. The average molecular weight is 346 g/mol. The fourth-order valence-corrected chi connectivity index (χ4v) is 2.50. The van der Waals surface area contributed by atoms with Crippen LogP contribution in [0, 0.1) is 5.82 Å². The fraction of sp³-hybridized carbons (Fsp3) is 0.389. The van der Waals surface area contributed by atoms with Crippen LogP contribution in [0.5, 0.6) is 0 Å². The first kappa shape index (κ1) is 17.8. The maximum atomic E-state index is 14.5. The van der Waals surface area contributed by atoms with Crippen LogP contribution in [0.2, 0.25) is 0 Å². The van der Waals surface area contributed by atoms with Gasteiger partial charge in [0.05, 0.1) is 23.9 Å². The van der Waals surface area contributed by atoms with Gasteiger partial charge in [0.2, 0.25) is 0 Å². The first-order valence-corrected chi connectivity index (χ1v) is 8.16. The van der Waals surface area contributed by atoms with Gasteiger partial charge >= 0.3 is 7.12 Å². The molecule has 1 aromatic heterocycles. The lowest BCUT2D eigenvalue weighted by Gasteiger charge is -2.32. The topological polar surface area (TPSA) is 36.3 Å². The third kappa shape index (κ3) is 3.83. The van der Waals surface area contributed by atoms with Crippen LogP contribution in [0.25, 0.3) is 6.08 Å². The average Bonchev–Trinajstić information content (AvgIpc) is 3.03. The minimum absolute atomic E-state index is 0.280. The third-order valence-corrected chi connectivity index (χ3v) is 4.69. The summed E-state index contributed by atoms with van der Waals surface area (Å²) in [4.78, 5) is 0. The Labute approximate surface area is 146 Å². The Balaban J connectivity index is 1.70. The minimum atomic E-state index is -1.02. The summed E-state index contributed by atoms with van der Waals surface area (Å²) in [6, 6.07) is 6.18. The highest BCUT2D eigenvalue weighted by atomic mass is 19.1. The summed E-state index contributed by atoms with van der Waals surface area (Å²) in [5.41, 5.74) is -0.161. The van der Waals surface area contributed by atoms with E-state index < -0.39 is 24.0 Å². The number of hydrogen-bond donors (Lipinski definition) is 0. The van der Waals surface area contributed by atoms with Crippen LogP contribution < -0.4 is 0 Å². The molecule has 0 atom stereocenters. The monoisotopic (exact) mass is 346 g/mol. The molecule has 0 saturated carbocycles.